The quantitative estimate of drug-likeness (QED) is 0.261. The van der Waals surface area contributed by atoms with E-state index < -0.39 is 30.1 Å². The van der Waals surface area contributed by atoms with Gasteiger partial charge in [-0.05, 0) is 55.1 Å². The fourth-order valence-corrected chi connectivity index (χ4v) is 10.5. The summed E-state index contributed by atoms with van der Waals surface area (Å²) in [5.41, 5.74) is 3.58. The number of aryl methyl sites for hydroxylation is 1. The molecule has 1 atom stereocenters. The number of aromatic nitrogens is 2. The van der Waals surface area contributed by atoms with Gasteiger partial charge in [-0.15, -0.1) is 0 Å². The van der Waals surface area contributed by atoms with Crippen molar-refractivity contribution in [2.45, 2.75) is 70.5 Å². The molecule has 2 aromatic carbocycles. The van der Waals surface area contributed by atoms with Crippen molar-refractivity contribution in [1.29, 1.82) is 0 Å². The first-order chi connectivity index (χ1) is 21.3. The minimum Gasteiger partial charge on any atom is -0.467 e. The third-order valence-corrected chi connectivity index (χ3v) is 12.3. The monoisotopic (exact) mass is 654 g/mol. The molecule has 14 heteroatoms. The maximum Gasteiger partial charge on any atom is 0.328 e. The van der Waals surface area contributed by atoms with Crippen molar-refractivity contribution in [3.8, 4) is 0 Å². The SMILES string of the molecule is COC(=O)[C@@H](Cc1ccc2c(c1)nc(C)n2S(=O)(=O)CC[Si](C)(C)C)NC(=O)N1CCC(N2Cc3ccccc3NC2=O)CC1. The highest BCUT2D eigenvalue weighted by Gasteiger charge is 2.34. The Morgan fingerprint density at radius 1 is 1.13 bits per heavy atom. The smallest absolute Gasteiger partial charge is 0.328 e. The molecule has 12 nitrogen and oxygen atoms in total. The molecule has 1 fully saturated rings. The molecule has 0 bridgehead atoms. The number of hydrogen-bond acceptors (Lipinski definition) is 7. The third kappa shape index (κ3) is 7.33. The van der Waals surface area contributed by atoms with E-state index in [9.17, 15) is 22.8 Å². The normalized spacial score (nSPS) is 16.7. The fraction of sp³-hybridized carbons (Fsp3) is 0.484. The van der Waals surface area contributed by atoms with Gasteiger partial charge in [0.2, 0.25) is 10.0 Å². The Labute approximate surface area is 265 Å². The van der Waals surface area contributed by atoms with Crippen molar-refractivity contribution in [3.63, 3.8) is 0 Å². The summed E-state index contributed by atoms with van der Waals surface area (Å²) in [6, 6.07) is 12.1. The van der Waals surface area contributed by atoms with E-state index in [2.05, 4.69) is 35.3 Å². The topological polar surface area (TPSA) is 143 Å². The fourth-order valence-electron chi connectivity index (χ4n) is 5.94. The van der Waals surface area contributed by atoms with E-state index in [1.807, 2.05) is 29.2 Å². The lowest BCUT2D eigenvalue weighted by Gasteiger charge is -2.40. The number of ether oxygens (including phenoxy) is 1. The molecule has 3 heterocycles. The average Bonchev–Trinajstić information content (AvgIpc) is 3.34. The van der Waals surface area contributed by atoms with E-state index in [0.29, 0.717) is 60.9 Å². The van der Waals surface area contributed by atoms with Crippen molar-refractivity contribution in [2.24, 2.45) is 0 Å². The van der Waals surface area contributed by atoms with Gasteiger partial charge >= 0.3 is 18.0 Å². The average molecular weight is 655 g/mol. The summed E-state index contributed by atoms with van der Waals surface area (Å²) in [5.74, 6) is -0.147. The maximum absolute atomic E-state index is 13.3. The zero-order chi connectivity index (χ0) is 32.5. The molecule has 0 radical (unpaired) electrons. The van der Waals surface area contributed by atoms with Crippen LogP contribution >= 0.6 is 0 Å². The van der Waals surface area contributed by atoms with Crippen LogP contribution in [0.15, 0.2) is 42.5 Å². The number of methoxy groups -OCH3 is 1. The van der Waals surface area contributed by atoms with Gasteiger partial charge in [0.1, 0.15) is 11.9 Å². The van der Waals surface area contributed by atoms with Crippen LogP contribution in [-0.2, 0) is 32.5 Å². The summed E-state index contributed by atoms with van der Waals surface area (Å²) >= 11 is 0. The van der Waals surface area contributed by atoms with Crippen LogP contribution in [0.4, 0.5) is 15.3 Å². The maximum atomic E-state index is 13.3. The lowest BCUT2D eigenvalue weighted by molar-refractivity contribution is -0.142. The van der Waals surface area contributed by atoms with Crippen molar-refractivity contribution >= 4 is 52.8 Å². The van der Waals surface area contributed by atoms with Gasteiger partial charge in [0.15, 0.2) is 0 Å². The molecule has 2 aliphatic rings. The molecule has 1 aromatic heterocycles. The molecule has 0 saturated carbocycles. The Bertz CT molecular complexity index is 1710. The van der Waals surface area contributed by atoms with Crippen LogP contribution < -0.4 is 10.6 Å². The minimum atomic E-state index is -3.59. The molecule has 0 spiro atoms. The lowest BCUT2D eigenvalue weighted by atomic mass is 10.0. The number of nitrogens with one attached hydrogen (secondary N) is 2. The van der Waals surface area contributed by atoms with E-state index in [1.165, 1.54) is 11.1 Å². The molecule has 2 N–H and O–H groups in total. The van der Waals surface area contributed by atoms with Crippen LogP contribution in [0.25, 0.3) is 11.0 Å². The van der Waals surface area contributed by atoms with Gasteiger partial charge in [-0.2, -0.15) is 0 Å². The van der Waals surface area contributed by atoms with Gasteiger partial charge in [-0.1, -0.05) is 43.9 Å². The number of para-hydroxylation sites is 1. The number of benzene rings is 2. The van der Waals surface area contributed by atoms with Crippen molar-refractivity contribution in [1.82, 2.24) is 24.1 Å². The second-order valence-electron chi connectivity index (χ2n) is 13.0. The summed E-state index contributed by atoms with van der Waals surface area (Å²) in [7, 11) is -3.89. The van der Waals surface area contributed by atoms with Crippen molar-refractivity contribution in [3.05, 3.63) is 59.4 Å². The number of nitrogens with zero attached hydrogens (tertiary/aromatic N) is 4. The molecule has 5 rings (SSSR count). The van der Waals surface area contributed by atoms with Gasteiger partial charge in [0.25, 0.3) is 0 Å². The molecule has 45 heavy (non-hydrogen) atoms. The van der Waals surface area contributed by atoms with Crippen LogP contribution in [0.2, 0.25) is 25.7 Å². The minimum absolute atomic E-state index is 0.00634. The van der Waals surface area contributed by atoms with Crippen LogP contribution in [0.5, 0.6) is 0 Å². The summed E-state index contributed by atoms with van der Waals surface area (Å²) < 4.78 is 32.8. The van der Waals surface area contributed by atoms with Gasteiger partial charge in [-0.3, -0.25) is 0 Å². The van der Waals surface area contributed by atoms with Crippen LogP contribution in [0.3, 0.4) is 0 Å². The number of piperidine rings is 1. The van der Waals surface area contributed by atoms with Gasteiger partial charge in [-0.25, -0.2) is 31.8 Å². The number of amides is 4. The first kappa shape index (κ1) is 32.5. The Morgan fingerprint density at radius 3 is 2.53 bits per heavy atom. The van der Waals surface area contributed by atoms with Gasteiger partial charge < -0.3 is 25.2 Å². The first-order valence-corrected chi connectivity index (χ1v) is 20.6. The lowest BCUT2D eigenvalue weighted by Crippen LogP contribution is -2.54. The Kier molecular flexibility index (Phi) is 9.26. The number of anilines is 1. The van der Waals surface area contributed by atoms with Crippen LogP contribution in [0.1, 0.15) is 29.8 Å². The summed E-state index contributed by atoms with van der Waals surface area (Å²) in [4.78, 5) is 46.7. The molecule has 0 aliphatic carbocycles. The molecular weight excluding hydrogens is 613 g/mol. The zero-order valence-corrected chi connectivity index (χ0v) is 28.3. The molecular formula is C31H42N6O6SSi. The number of urea groups is 2. The van der Waals surface area contributed by atoms with E-state index >= 15 is 0 Å². The predicted octanol–water partition coefficient (Wildman–Crippen LogP) is 4.17. The molecule has 2 aliphatic heterocycles. The van der Waals surface area contributed by atoms with E-state index in [1.54, 1.807) is 30.0 Å². The second-order valence-corrected chi connectivity index (χ2v) is 20.6. The molecule has 3 aromatic rings. The number of carbonyl (C=O) groups is 3. The van der Waals surface area contributed by atoms with Crippen molar-refractivity contribution < 1.29 is 27.5 Å². The van der Waals surface area contributed by atoms with Crippen LogP contribution in [-0.4, -0.2) is 91.3 Å². The predicted molar refractivity (Wildman–Crippen MR) is 175 cm³/mol. The van der Waals surface area contributed by atoms with E-state index in [4.69, 9.17) is 4.74 Å². The van der Waals surface area contributed by atoms with Crippen molar-refractivity contribution in [2.75, 3.05) is 31.3 Å². The van der Waals surface area contributed by atoms with Gasteiger partial charge in [0, 0.05) is 45.9 Å². The Hall–Kier alpha value is -3.91. The third-order valence-electron chi connectivity index (χ3n) is 8.50. The zero-order valence-electron chi connectivity index (χ0n) is 26.5. The van der Waals surface area contributed by atoms with E-state index in [0.717, 1.165) is 11.3 Å². The largest absolute Gasteiger partial charge is 0.467 e. The highest BCUT2D eigenvalue weighted by Crippen LogP contribution is 2.28. The van der Waals surface area contributed by atoms with E-state index in [-0.39, 0.29) is 30.3 Å². The highest BCUT2D eigenvalue weighted by atomic mass is 32.2. The second kappa shape index (κ2) is 12.8. The number of imidazole rings is 1. The Morgan fingerprint density at radius 2 is 1.84 bits per heavy atom. The van der Waals surface area contributed by atoms with Gasteiger partial charge in [0.05, 0.1) is 23.9 Å². The number of hydrogen-bond donors (Lipinski definition) is 2. The first-order valence-electron chi connectivity index (χ1n) is 15.3. The number of likely N-dealkylation sites (tertiary alicyclic amines) is 1. The summed E-state index contributed by atoms with van der Waals surface area (Å²) in [5, 5.41) is 5.78. The molecule has 242 valence electrons. The summed E-state index contributed by atoms with van der Waals surface area (Å²) in [6.45, 7) is 9.48. The molecule has 4 amide bonds. The standard InChI is InChI=1S/C31H42N6O6SSi/c1-21-32-26-18-22(10-11-28(26)37(21)44(41,42)16-17-45(3,4)5)19-27(29(38)43-2)34-30(39)35-14-12-24(13-15-35)36-20-23-8-6-7-9-25(23)33-31(36)40/h6-11,18,24,27H,12-17,19-20H2,1-5H3,(H,33,40)(H,34,39)/t27-/m1/s1. The number of esters is 1. The number of carbonyl (C=O) groups excluding carboxylic acids is 3. The Balaban J connectivity index is 1.23. The number of rotatable bonds is 9. The summed E-state index contributed by atoms with van der Waals surface area (Å²) in [6.07, 6.45) is 1.38. The molecule has 1 saturated heterocycles. The number of fused-ring (bicyclic) bond motifs is 2. The van der Waals surface area contributed by atoms with Crippen LogP contribution in [0, 0.1) is 6.92 Å². The molecule has 0 unspecified atom stereocenters. The highest BCUT2D eigenvalue weighted by molar-refractivity contribution is 7.90.